The molecule has 0 amide bonds. The van der Waals surface area contributed by atoms with Crippen LogP contribution in [0.2, 0.25) is 5.02 Å². The third-order valence-corrected chi connectivity index (χ3v) is 4.93. The van der Waals surface area contributed by atoms with Crippen LogP contribution in [0.1, 0.15) is 19.9 Å². The third-order valence-electron chi connectivity index (χ3n) is 4.66. The predicted octanol–water partition coefficient (Wildman–Crippen LogP) is 4.65. The fourth-order valence-corrected chi connectivity index (χ4v) is 3.45. The lowest BCUT2D eigenvalue weighted by atomic mass is 9.99. The normalized spacial score (nSPS) is 11.3. The molecule has 0 bridgehead atoms. The number of aromatic nitrogens is 3. The summed E-state index contributed by atoms with van der Waals surface area (Å²) in [4.78, 5) is 32.5. The molecule has 0 aliphatic carbocycles. The van der Waals surface area contributed by atoms with Crippen LogP contribution in [-0.2, 0) is 0 Å². The molecule has 28 heavy (non-hydrogen) atoms. The summed E-state index contributed by atoms with van der Waals surface area (Å²) in [6, 6.07) is 14.6. The number of halogens is 1. The van der Waals surface area contributed by atoms with Crippen LogP contribution in [-0.4, -0.2) is 14.5 Å². The van der Waals surface area contributed by atoms with Crippen LogP contribution < -0.4 is 11.0 Å². The predicted molar refractivity (Wildman–Crippen MR) is 113 cm³/mol. The summed E-state index contributed by atoms with van der Waals surface area (Å²) in [5.41, 5.74) is 3.24. The molecule has 140 valence electrons. The number of nitrogens with one attached hydrogen (secondary N) is 1. The molecular weight excluding hydrogens is 374 g/mol. The Morgan fingerprint density at radius 3 is 2.50 bits per heavy atom. The average molecular weight is 392 g/mol. The van der Waals surface area contributed by atoms with Gasteiger partial charge in [-0.25, -0.2) is 4.98 Å². The van der Waals surface area contributed by atoms with E-state index in [2.05, 4.69) is 4.98 Å². The van der Waals surface area contributed by atoms with Crippen molar-refractivity contribution in [2.75, 3.05) is 0 Å². The first-order valence-corrected chi connectivity index (χ1v) is 9.33. The molecule has 0 saturated heterocycles. The molecule has 6 heteroatoms. The number of hydrogen-bond donors (Lipinski definition) is 1. The van der Waals surface area contributed by atoms with E-state index in [1.54, 1.807) is 23.0 Å². The van der Waals surface area contributed by atoms with Crippen molar-refractivity contribution in [3.63, 3.8) is 0 Å². The van der Waals surface area contributed by atoms with Gasteiger partial charge in [0.1, 0.15) is 10.7 Å². The van der Waals surface area contributed by atoms with Crippen LogP contribution in [0.4, 0.5) is 0 Å². The van der Waals surface area contributed by atoms with E-state index in [9.17, 15) is 9.59 Å². The van der Waals surface area contributed by atoms with E-state index in [-0.39, 0.29) is 22.1 Å². The number of hydrogen-bond acceptors (Lipinski definition) is 3. The first-order chi connectivity index (χ1) is 13.5. The molecule has 0 atom stereocenters. The number of pyridine rings is 3. The van der Waals surface area contributed by atoms with Gasteiger partial charge < -0.3 is 9.55 Å². The maximum Gasteiger partial charge on any atom is 0.269 e. The maximum atomic E-state index is 12.4. The van der Waals surface area contributed by atoms with Crippen LogP contribution in [0.25, 0.3) is 33.4 Å². The van der Waals surface area contributed by atoms with E-state index in [4.69, 9.17) is 16.6 Å². The minimum Gasteiger partial charge on any atom is -0.346 e. The van der Waals surface area contributed by atoms with Gasteiger partial charge in [-0.1, -0.05) is 41.9 Å². The Hall–Kier alpha value is -3.18. The Labute approximate surface area is 166 Å². The molecule has 1 aromatic carbocycles. The monoisotopic (exact) mass is 391 g/mol. The van der Waals surface area contributed by atoms with Gasteiger partial charge in [-0.15, -0.1) is 0 Å². The highest BCUT2D eigenvalue weighted by atomic mass is 35.5. The van der Waals surface area contributed by atoms with Crippen molar-refractivity contribution >= 4 is 22.6 Å². The second kappa shape index (κ2) is 7.09. The third kappa shape index (κ3) is 3.14. The number of H-pyrrole nitrogens is 1. The van der Waals surface area contributed by atoms with Gasteiger partial charge in [0.2, 0.25) is 0 Å². The molecule has 0 saturated carbocycles. The Morgan fingerprint density at radius 2 is 1.79 bits per heavy atom. The van der Waals surface area contributed by atoms with Crippen molar-refractivity contribution in [1.82, 2.24) is 14.5 Å². The van der Waals surface area contributed by atoms with Gasteiger partial charge in [0.25, 0.3) is 5.56 Å². The minimum absolute atomic E-state index is 0.0538. The molecule has 0 spiro atoms. The molecule has 0 unspecified atom stereocenters. The number of aromatic amines is 1. The van der Waals surface area contributed by atoms with Crippen molar-refractivity contribution in [3.8, 4) is 22.4 Å². The Bertz CT molecular complexity index is 1290. The van der Waals surface area contributed by atoms with E-state index < -0.39 is 0 Å². The van der Waals surface area contributed by atoms with Gasteiger partial charge >= 0.3 is 0 Å². The highest BCUT2D eigenvalue weighted by molar-refractivity contribution is 6.30. The van der Waals surface area contributed by atoms with Gasteiger partial charge in [0.15, 0.2) is 5.43 Å². The van der Waals surface area contributed by atoms with Crippen LogP contribution in [0.3, 0.4) is 0 Å². The zero-order valence-corrected chi connectivity index (χ0v) is 16.2. The molecule has 0 aliphatic rings. The minimum atomic E-state index is -0.242. The maximum absolute atomic E-state index is 12.4. The zero-order chi connectivity index (χ0) is 19.8. The second-order valence-electron chi connectivity index (χ2n) is 6.87. The van der Waals surface area contributed by atoms with Crippen molar-refractivity contribution < 1.29 is 0 Å². The van der Waals surface area contributed by atoms with E-state index in [1.807, 2.05) is 50.2 Å². The summed E-state index contributed by atoms with van der Waals surface area (Å²) in [6.45, 7) is 3.84. The summed E-state index contributed by atoms with van der Waals surface area (Å²) >= 11 is 6.24. The molecule has 5 nitrogen and oxygen atoms in total. The lowest BCUT2D eigenvalue weighted by Crippen LogP contribution is -2.21. The first-order valence-electron chi connectivity index (χ1n) is 8.95. The zero-order valence-electron chi connectivity index (χ0n) is 15.4. The molecular formula is C22H18ClN3O2. The standard InChI is InChI=1S/C22H18ClN3O2/c1-13(2)26-12-15(10-18(23)22(26)28)16-11-17-19(27)8-9-24-21(17)25-20(16)14-6-4-3-5-7-14/h3-13H,1-2H3,(H,24,25,27). The Balaban J connectivity index is 2.10. The second-order valence-corrected chi connectivity index (χ2v) is 7.28. The van der Waals surface area contributed by atoms with Gasteiger partial charge in [-0.3, -0.25) is 9.59 Å². The molecule has 4 aromatic rings. The fraction of sp³-hybridized carbons (Fsp3) is 0.136. The molecule has 1 N–H and O–H groups in total. The molecule has 0 fully saturated rings. The summed E-state index contributed by atoms with van der Waals surface area (Å²) < 4.78 is 1.59. The van der Waals surface area contributed by atoms with Gasteiger partial charge in [0, 0.05) is 41.2 Å². The average Bonchev–Trinajstić information content (AvgIpc) is 2.70. The summed E-state index contributed by atoms with van der Waals surface area (Å²) in [5, 5.41) is 0.614. The van der Waals surface area contributed by atoms with Crippen LogP contribution in [0.15, 0.2) is 70.5 Å². The van der Waals surface area contributed by atoms with Crippen molar-refractivity contribution in [1.29, 1.82) is 0 Å². The fourth-order valence-electron chi connectivity index (χ4n) is 3.23. The SMILES string of the molecule is CC(C)n1cc(-c2cc3c(=O)cc[nH]c3nc2-c2ccccc2)cc(Cl)c1=O. The smallest absolute Gasteiger partial charge is 0.269 e. The quantitative estimate of drug-likeness (QED) is 0.552. The van der Waals surface area contributed by atoms with E-state index in [0.29, 0.717) is 16.7 Å². The van der Waals surface area contributed by atoms with Crippen LogP contribution in [0, 0.1) is 0 Å². The lowest BCUT2D eigenvalue weighted by molar-refractivity contribution is 0.579. The van der Waals surface area contributed by atoms with Gasteiger partial charge in [0.05, 0.1) is 11.1 Å². The van der Waals surface area contributed by atoms with Crippen molar-refractivity contribution in [2.45, 2.75) is 19.9 Å². The lowest BCUT2D eigenvalue weighted by Gasteiger charge is -2.15. The number of benzene rings is 1. The highest BCUT2D eigenvalue weighted by Crippen LogP contribution is 2.33. The molecule has 4 rings (SSSR count). The van der Waals surface area contributed by atoms with Gasteiger partial charge in [-0.05, 0) is 26.0 Å². The summed E-state index contributed by atoms with van der Waals surface area (Å²) in [6.07, 6.45) is 3.35. The number of rotatable bonds is 3. The Morgan fingerprint density at radius 1 is 1.04 bits per heavy atom. The van der Waals surface area contributed by atoms with Crippen LogP contribution in [0.5, 0.6) is 0 Å². The summed E-state index contributed by atoms with van der Waals surface area (Å²) in [5.74, 6) is 0. The van der Waals surface area contributed by atoms with E-state index in [0.717, 1.165) is 16.7 Å². The van der Waals surface area contributed by atoms with Crippen LogP contribution >= 0.6 is 11.6 Å². The molecule has 0 aliphatic heterocycles. The van der Waals surface area contributed by atoms with Gasteiger partial charge in [-0.2, -0.15) is 0 Å². The number of fused-ring (bicyclic) bond motifs is 1. The van der Waals surface area contributed by atoms with E-state index >= 15 is 0 Å². The molecule has 3 heterocycles. The number of nitrogens with zero attached hydrogens (tertiary/aromatic N) is 2. The topological polar surface area (TPSA) is 67.8 Å². The largest absolute Gasteiger partial charge is 0.346 e. The first kappa shape index (κ1) is 18.2. The van der Waals surface area contributed by atoms with Crippen molar-refractivity contribution in [3.05, 3.63) is 86.5 Å². The highest BCUT2D eigenvalue weighted by Gasteiger charge is 2.16. The molecule has 3 aromatic heterocycles. The Kier molecular flexibility index (Phi) is 4.61. The van der Waals surface area contributed by atoms with E-state index in [1.165, 1.54) is 6.07 Å². The molecule has 0 radical (unpaired) electrons. The summed E-state index contributed by atoms with van der Waals surface area (Å²) in [7, 11) is 0. The van der Waals surface area contributed by atoms with Crippen molar-refractivity contribution in [2.24, 2.45) is 0 Å².